The Balaban J connectivity index is 2.43. The van der Waals surface area contributed by atoms with Crippen molar-refractivity contribution in [3.63, 3.8) is 0 Å². The average Bonchev–Trinajstić information content (AvgIpc) is 2.43. The number of nitrogens with zero attached hydrogens (tertiary/aromatic N) is 1. The zero-order valence-corrected chi connectivity index (χ0v) is 14.7. The Morgan fingerprint density at radius 2 is 1.90 bits per heavy atom. The molecule has 112 valence electrons. The van der Waals surface area contributed by atoms with Gasteiger partial charge >= 0.3 is 6.09 Å². The van der Waals surface area contributed by atoms with Gasteiger partial charge in [0.2, 0.25) is 0 Å². The lowest BCUT2D eigenvalue weighted by molar-refractivity contribution is 0.0590. The molecule has 0 aromatic heterocycles. The van der Waals surface area contributed by atoms with E-state index >= 15 is 0 Å². The molecule has 5 heteroatoms. The Bertz CT molecular complexity index is 664. The van der Waals surface area contributed by atoms with Crippen molar-refractivity contribution in [1.82, 2.24) is 0 Å². The quantitative estimate of drug-likeness (QED) is 0.672. The van der Waals surface area contributed by atoms with Gasteiger partial charge in [0.25, 0.3) is 0 Å². The van der Waals surface area contributed by atoms with Gasteiger partial charge in [-0.05, 0) is 44.4 Å². The van der Waals surface area contributed by atoms with E-state index < -0.39 is 5.60 Å². The Labute approximate surface area is 138 Å². The zero-order chi connectivity index (χ0) is 15.6. The smallest absolute Gasteiger partial charge is 0.414 e. The molecule has 0 unspecified atom stereocenters. The molecule has 4 nitrogen and oxygen atoms in total. The molecule has 0 spiro atoms. The van der Waals surface area contributed by atoms with Gasteiger partial charge in [-0.1, -0.05) is 18.2 Å². The first-order valence-corrected chi connectivity index (χ1v) is 7.48. The van der Waals surface area contributed by atoms with Crippen LogP contribution >= 0.6 is 23.0 Å². The van der Waals surface area contributed by atoms with E-state index in [0.717, 1.165) is 22.2 Å². The molecule has 2 aromatic carbocycles. The molecule has 0 atom stereocenters. The third-order valence-corrected chi connectivity index (χ3v) is 3.46. The second kappa shape index (κ2) is 6.09. The minimum absolute atomic E-state index is 0.379. The largest absolute Gasteiger partial charge is 0.443 e. The van der Waals surface area contributed by atoms with E-state index in [4.69, 9.17) is 7.80 Å². The molecular weight excluding hydrogens is 381 g/mol. The SMILES string of the molecule is CN(C(=O)OC(C)(C)C)c1cccc2ccc(OI)cc12. The van der Waals surface area contributed by atoms with Crippen LogP contribution in [-0.4, -0.2) is 18.7 Å². The number of carbonyl (C=O) groups is 1. The predicted octanol–water partition coefficient (Wildman–Crippen LogP) is 4.94. The maximum Gasteiger partial charge on any atom is 0.414 e. The highest BCUT2D eigenvalue weighted by molar-refractivity contribution is 14.1. The Hall–Kier alpha value is -1.50. The van der Waals surface area contributed by atoms with Crippen molar-refractivity contribution in [3.8, 4) is 5.75 Å². The lowest BCUT2D eigenvalue weighted by Crippen LogP contribution is -2.34. The molecular formula is C16H18INO3. The minimum atomic E-state index is -0.521. The molecule has 0 heterocycles. The van der Waals surface area contributed by atoms with Crippen LogP contribution in [0.1, 0.15) is 20.8 Å². The highest BCUT2D eigenvalue weighted by Crippen LogP contribution is 2.30. The van der Waals surface area contributed by atoms with Crippen molar-refractivity contribution in [2.24, 2.45) is 0 Å². The molecule has 0 bridgehead atoms. The fourth-order valence-corrected chi connectivity index (χ4v) is 2.28. The molecule has 0 saturated heterocycles. The van der Waals surface area contributed by atoms with E-state index in [9.17, 15) is 4.79 Å². The van der Waals surface area contributed by atoms with Gasteiger partial charge in [0.05, 0.1) is 5.69 Å². The van der Waals surface area contributed by atoms with Gasteiger partial charge in [-0.2, -0.15) is 0 Å². The van der Waals surface area contributed by atoms with Crippen molar-refractivity contribution in [1.29, 1.82) is 0 Å². The second-order valence-corrected chi connectivity index (χ2v) is 6.22. The summed E-state index contributed by atoms with van der Waals surface area (Å²) in [5.41, 5.74) is 0.268. The highest BCUT2D eigenvalue weighted by atomic mass is 127. The van der Waals surface area contributed by atoms with Gasteiger partial charge in [-0.15, -0.1) is 0 Å². The molecule has 0 fully saturated rings. The maximum atomic E-state index is 12.2. The average molecular weight is 399 g/mol. The fraction of sp³-hybridized carbons (Fsp3) is 0.312. The zero-order valence-electron chi connectivity index (χ0n) is 12.5. The minimum Gasteiger partial charge on any atom is -0.443 e. The van der Waals surface area contributed by atoms with Gasteiger partial charge in [-0.3, -0.25) is 4.90 Å². The Morgan fingerprint density at radius 3 is 2.52 bits per heavy atom. The number of carbonyl (C=O) groups excluding carboxylic acids is 1. The second-order valence-electron chi connectivity index (χ2n) is 5.78. The van der Waals surface area contributed by atoms with Crippen molar-refractivity contribution in [2.45, 2.75) is 26.4 Å². The van der Waals surface area contributed by atoms with E-state index in [0.29, 0.717) is 0 Å². The van der Waals surface area contributed by atoms with Crippen molar-refractivity contribution in [3.05, 3.63) is 36.4 Å². The maximum absolute atomic E-state index is 12.2. The molecule has 0 N–H and O–H groups in total. The van der Waals surface area contributed by atoms with E-state index in [-0.39, 0.29) is 6.09 Å². The molecule has 0 aliphatic carbocycles. The van der Waals surface area contributed by atoms with Crippen LogP contribution < -0.4 is 7.97 Å². The van der Waals surface area contributed by atoms with Crippen LogP contribution in [0.5, 0.6) is 5.75 Å². The molecule has 1 amide bonds. The van der Waals surface area contributed by atoms with Gasteiger partial charge in [0.1, 0.15) is 11.4 Å². The summed E-state index contributed by atoms with van der Waals surface area (Å²) in [5, 5.41) is 1.99. The van der Waals surface area contributed by atoms with Crippen molar-refractivity contribution < 1.29 is 12.6 Å². The topological polar surface area (TPSA) is 38.8 Å². The first kappa shape index (κ1) is 15.9. The summed E-state index contributed by atoms with van der Waals surface area (Å²) in [7, 11) is 1.71. The monoisotopic (exact) mass is 399 g/mol. The van der Waals surface area contributed by atoms with Crippen LogP contribution in [0.2, 0.25) is 0 Å². The normalized spacial score (nSPS) is 11.3. The molecule has 0 radical (unpaired) electrons. The highest BCUT2D eigenvalue weighted by Gasteiger charge is 2.21. The summed E-state index contributed by atoms with van der Waals surface area (Å²) >= 11 is 1.84. The molecule has 0 saturated carbocycles. The summed E-state index contributed by atoms with van der Waals surface area (Å²) in [5.74, 6) is 0.744. The number of halogens is 1. The number of hydrogen-bond acceptors (Lipinski definition) is 3. The number of anilines is 1. The van der Waals surface area contributed by atoms with Crippen molar-refractivity contribution in [2.75, 3.05) is 11.9 Å². The number of benzene rings is 2. The number of fused-ring (bicyclic) bond motifs is 1. The third-order valence-electron chi connectivity index (χ3n) is 2.95. The summed E-state index contributed by atoms with van der Waals surface area (Å²) in [4.78, 5) is 13.7. The van der Waals surface area contributed by atoms with Crippen LogP contribution in [0.25, 0.3) is 10.8 Å². The van der Waals surface area contributed by atoms with Gasteiger partial charge < -0.3 is 7.80 Å². The van der Waals surface area contributed by atoms with Gasteiger partial charge in [0.15, 0.2) is 23.0 Å². The van der Waals surface area contributed by atoms with Gasteiger partial charge in [0, 0.05) is 12.4 Å². The lowest BCUT2D eigenvalue weighted by atomic mass is 10.1. The Kier molecular flexibility index (Phi) is 4.61. The fourth-order valence-electron chi connectivity index (χ4n) is 2.00. The Morgan fingerprint density at radius 1 is 1.19 bits per heavy atom. The summed E-state index contributed by atoms with van der Waals surface area (Å²) < 4.78 is 10.6. The number of rotatable bonds is 2. The predicted molar refractivity (Wildman–Crippen MR) is 93.2 cm³/mol. The lowest BCUT2D eigenvalue weighted by Gasteiger charge is -2.25. The molecule has 21 heavy (non-hydrogen) atoms. The van der Waals surface area contributed by atoms with E-state index in [1.807, 2.05) is 80.2 Å². The summed E-state index contributed by atoms with van der Waals surface area (Å²) in [6.07, 6.45) is -0.379. The van der Waals surface area contributed by atoms with Crippen LogP contribution in [0, 0.1) is 0 Å². The van der Waals surface area contributed by atoms with Crippen LogP contribution in [-0.2, 0) is 4.74 Å². The van der Waals surface area contributed by atoms with Gasteiger partial charge in [-0.25, -0.2) is 4.79 Å². The first-order chi connectivity index (χ1) is 9.81. The van der Waals surface area contributed by atoms with E-state index in [1.165, 1.54) is 4.90 Å². The standard InChI is InChI=1S/C16H18INO3/c1-16(2,3)20-15(19)18(4)14-7-5-6-11-8-9-12(21-17)10-13(11)14/h5-10H,1-4H3. The van der Waals surface area contributed by atoms with Crippen molar-refractivity contribution >= 4 is 45.6 Å². The molecule has 0 aliphatic rings. The molecule has 2 aromatic rings. The van der Waals surface area contributed by atoms with Crippen LogP contribution in [0.15, 0.2) is 36.4 Å². The van der Waals surface area contributed by atoms with Crippen LogP contribution in [0.4, 0.5) is 10.5 Å². The first-order valence-electron chi connectivity index (χ1n) is 6.60. The third kappa shape index (κ3) is 3.78. The number of amides is 1. The number of ether oxygens (including phenoxy) is 1. The van der Waals surface area contributed by atoms with E-state index in [1.54, 1.807) is 7.05 Å². The summed E-state index contributed by atoms with van der Waals surface area (Å²) in [6.45, 7) is 5.55. The summed E-state index contributed by atoms with van der Waals surface area (Å²) in [6, 6.07) is 11.6. The number of hydrogen-bond donors (Lipinski definition) is 0. The van der Waals surface area contributed by atoms with E-state index in [2.05, 4.69) is 0 Å². The molecule has 2 rings (SSSR count). The van der Waals surface area contributed by atoms with Crippen LogP contribution in [0.3, 0.4) is 0 Å². The molecule has 0 aliphatic heterocycles.